The van der Waals surface area contributed by atoms with Crippen LogP contribution in [0.1, 0.15) is 182 Å². The zero-order valence-electron chi connectivity index (χ0n) is 53.9. The molecule has 6 aromatic carbocycles. The van der Waals surface area contributed by atoms with Crippen LogP contribution in [0.4, 0.5) is 21.5 Å². The van der Waals surface area contributed by atoms with Crippen LogP contribution in [0.5, 0.6) is 17.2 Å². The van der Waals surface area contributed by atoms with E-state index in [1.165, 1.54) is 55.9 Å². The van der Waals surface area contributed by atoms with Crippen LogP contribution in [-0.4, -0.2) is 81.9 Å². The van der Waals surface area contributed by atoms with Crippen LogP contribution in [-0.2, 0) is 29.5 Å². The van der Waals surface area contributed by atoms with Crippen molar-refractivity contribution in [2.24, 2.45) is 7.05 Å². The van der Waals surface area contributed by atoms with E-state index >= 15 is 0 Å². The van der Waals surface area contributed by atoms with Crippen LogP contribution in [0, 0.1) is 5.82 Å². The van der Waals surface area contributed by atoms with Crippen LogP contribution < -0.4 is 29.3 Å². The molecule has 0 bridgehead atoms. The number of aryl methyl sites for hydroxylation is 2. The Hall–Kier alpha value is -6.82. The van der Waals surface area contributed by atoms with Crippen molar-refractivity contribution >= 4 is 51.4 Å². The summed E-state index contributed by atoms with van der Waals surface area (Å²) in [4.78, 5) is 29.5. The second-order valence-electron chi connectivity index (χ2n) is 24.7. The summed E-state index contributed by atoms with van der Waals surface area (Å²) in [5.74, 6) is 6.04. The minimum absolute atomic E-state index is 0.191. The molecule has 0 radical (unpaired) electrons. The lowest BCUT2D eigenvalue weighted by Gasteiger charge is -2.20. The Morgan fingerprint density at radius 1 is 0.565 bits per heavy atom. The first-order valence-electron chi connectivity index (χ1n) is 30.8. The number of hydrogen-bond acceptors (Lipinski definition) is 7. The normalized spacial score (nSPS) is 14.0. The molecule has 11 rings (SSSR count). The topological polar surface area (TPSA) is 88.5 Å². The third kappa shape index (κ3) is 19.3. The van der Waals surface area contributed by atoms with Gasteiger partial charge in [0.05, 0.1) is 23.9 Å². The maximum Gasteiger partial charge on any atom is 0.241 e. The number of nitrogens with one attached hydrogen (secondary N) is 1. The van der Waals surface area contributed by atoms with E-state index < -0.39 is 0 Å². The van der Waals surface area contributed by atoms with Gasteiger partial charge in [-0.05, 0) is 192 Å². The van der Waals surface area contributed by atoms with Crippen LogP contribution in [0.3, 0.4) is 0 Å². The molecule has 0 saturated carbocycles. The van der Waals surface area contributed by atoms with Crippen LogP contribution in [0.2, 0.25) is 5.02 Å². The summed E-state index contributed by atoms with van der Waals surface area (Å²) in [5.41, 5.74) is 15.1. The first kappa shape index (κ1) is 67.3. The van der Waals surface area contributed by atoms with Crippen molar-refractivity contribution in [3.8, 4) is 17.2 Å². The second-order valence-corrected chi connectivity index (χ2v) is 25.2. The van der Waals surface area contributed by atoms with Gasteiger partial charge in [0.2, 0.25) is 11.8 Å². The summed E-state index contributed by atoms with van der Waals surface area (Å²) in [5, 5.41) is 4.94. The van der Waals surface area contributed by atoms with Crippen LogP contribution in [0.15, 0.2) is 121 Å². The second kappa shape index (κ2) is 32.1. The van der Waals surface area contributed by atoms with E-state index in [1.807, 2.05) is 50.9 Å². The highest BCUT2D eigenvalue weighted by Crippen LogP contribution is 2.35. The van der Waals surface area contributed by atoms with Gasteiger partial charge in [0.15, 0.2) is 11.5 Å². The fourth-order valence-corrected chi connectivity index (χ4v) is 10.4. The van der Waals surface area contributed by atoms with Crippen molar-refractivity contribution in [3.05, 3.63) is 177 Å². The number of nitrogens with zero attached hydrogens (tertiary/aromatic N) is 4. The smallest absolute Gasteiger partial charge is 0.241 e. The summed E-state index contributed by atoms with van der Waals surface area (Å²) < 4.78 is 31.3. The fraction of sp³-hybridized carbons (Fsp3) is 0.452. The van der Waals surface area contributed by atoms with Crippen LogP contribution in [0.25, 0.3) is 10.9 Å². The molecule has 0 spiro atoms. The zero-order valence-corrected chi connectivity index (χ0v) is 54.6. The molecule has 1 aromatic heterocycles. The molecule has 1 N–H and O–H groups in total. The fourth-order valence-electron chi connectivity index (χ4n) is 10.2. The molecule has 5 heterocycles. The minimum Gasteiger partial charge on any atom is -0.491 e. The number of likely N-dealkylation sites (N-methyl/N-ethyl adjacent to an activating group) is 1. The van der Waals surface area contributed by atoms with Gasteiger partial charge < -0.3 is 38.8 Å². The van der Waals surface area contributed by atoms with Gasteiger partial charge in [-0.25, -0.2) is 4.39 Å². The number of fused-ring (bicyclic) bond motifs is 5. The summed E-state index contributed by atoms with van der Waals surface area (Å²) in [7, 11) is 7.81. The molecule has 0 saturated heterocycles. The van der Waals surface area contributed by atoms with Crippen molar-refractivity contribution in [1.82, 2.24) is 9.47 Å². The van der Waals surface area contributed by atoms with E-state index in [0.717, 1.165) is 85.3 Å². The van der Waals surface area contributed by atoms with Gasteiger partial charge >= 0.3 is 0 Å². The molecule has 4 aliphatic heterocycles. The lowest BCUT2D eigenvalue weighted by molar-refractivity contribution is -0.119. The van der Waals surface area contributed by atoms with Gasteiger partial charge in [0, 0.05) is 56.7 Å². The highest BCUT2D eigenvalue weighted by Gasteiger charge is 2.25. The zero-order chi connectivity index (χ0) is 62.1. The van der Waals surface area contributed by atoms with E-state index in [9.17, 15) is 14.0 Å². The largest absolute Gasteiger partial charge is 0.491 e. The quantitative estimate of drug-likeness (QED) is 0.162. The molecule has 2 amide bonds. The average molecular weight is 1180 g/mol. The monoisotopic (exact) mass is 1180 g/mol. The van der Waals surface area contributed by atoms with Crippen LogP contribution >= 0.6 is 11.6 Å². The number of ether oxygens (including phenoxy) is 3. The lowest BCUT2D eigenvalue weighted by atomic mass is 9.98. The van der Waals surface area contributed by atoms with Crippen molar-refractivity contribution in [2.75, 3.05) is 75.7 Å². The molecule has 4 aliphatic rings. The Morgan fingerprint density at radius 2 is 1.07 bits per heavy atom. The molecule has 458 valence electrons. The van der Waals surface area contributed by atoms with E-state index in [0.29, 0.717) is 61.7 Å². The summed E-state index contributed by atoms with van der Waals surface area (Å²) in [6.07, 6.45) is 6.82. The minimum atomic E-state index is -0.351. The van der Waals surface area contributed by atoms with E-state index in [1.54, 1.807) is 17.0 Å². The SMILES string of the molecule is CC(C)c1ccc(F)c(Cl)c1.CC(C)c1ccc2c(c1)CCCC(=O)N2C.CC(C)c1ccc2c(c1)CCN2C(=O)CN(C)C.CC(C)c1ccc2c(c1)NCCCO2.CC(C)c1ccc2c(c1)OCCO2.CC(C)c1ccc2c(ccn2C)c1. The lowest BCUT2D eigenvalue weighted by Crippen LogP contribution is -2.36. The molecule has 0 aliphatic carbocycles. The molecule has 0 atom stereocenters. The van der Waals surface area contributed by atoms with Gasteiger partial charge in [0.25, 0.3) is 0 Å². The Balaban J connectivity index is 0.000000164. The maximum atomic E-state index is 12.6. The summed E-state index contributed by atoms with van der Waals surface area (Å²) >= 11 is 5.58. The third-order valence-corrected chi connectivity index (χ3v) is 16.0. The van der Waals surface area contributed by atoms with Gasteiger partial charge in [-0.15, -0.1) is 0 Å². The van der Waals surface area contributed by atoms with Crippen molar-refractivity contribution in [3.63, 3.8) is 0 Å². The average Bonchev–Trinajstić information content (AvgIpc) is 3.73. The summed E-state index contributed by atoms with van der Waals surface area (Å²) in [6, 6.07) is 39.2. The standard InChI is InChI=1S/C15H22N2O.C14H19NO.C12H17NO.C12H15N.C11H14O2.C9H10ClF/c1-11(2)12-5-6-14-13(9-12)7-8-17(14)15(18)10-16(3)4;1-10(2)11-7-8-13-12(9-11)5-4-6-14(16)15(13)3;1-9(2)10-4-5-12-11(8-10)13-6-3-7-14-12;1-9(2)10-4-5-12-11(8-10)6-7-13(12)3;1-8(2)9-3-4-10-11(7-9)13-6-5-12-10;1-6(2)7-3-4-9(11)8(10)5-7/h5-6,9,11H,7-8,10H2,1-4H3;7-10H,4-6H2,1-3H3;4-5,8-9,13H,3,6-7H2,1-2H3;4-9H,1-3H3;3-4,7-8H,5-6H2,1-2H3;3-6H,1-2H3. The highest BCUT2D eigenvalue weighted by atomic mass is 35.5. The molecule has 7 aromatic rings. The van der Waals surface area contributed by atoms with Crippen molar-refractivity contribution in [1.29, 1.82) is 0 Å². The van der Waals surface area contributed by atoms with Gasteiger partial charge in [0.1, 0.15) is 24.8 Å². The number of halogens is 2. The van der Waals surface area contributed by atoms with Gasteiger partial charge in [-0.1, -0.05) is 143 Å². The Morgan fingerprint density at radius 3 is 1.68 bits per heavy atom. The van der Waals surface area contributed by atoms with Gasteiger partial charge in [-0.3, -0.25) is 9.59 Å². The molecule has 0 fully saturated rings. The number of amides is 2. The maximum absolute atomic E-state index is 12.6. The number of rotatable bonds is 8. The Kier molecular flexibility index (Phi) is 25.4. The van der Waals surface area contributed by atoms with Gasteiger partial charge in [-0.2, -0.15) is 0 Å². The molecular weight excluding hydrogens is 1080 g/mol. The van der Waals surface area contributed by atoms with E-state index in [2.05, 4.69) is 183 Å². The molecule has 85 heavy (non-hydrogen) atoms. The number of carbonyl (C=O) groups excluding carboxylic acids is 2. The molecule has 12 heteroatoms. The number of hydrogen-bond donors (Lipinski definition) is 1. The predicted octanol–water partition coefficient (Wildman–Crippen LogP) is 17.9. The first-order chi connectivity index (χ1) is 40.4. The summed E-state index contributed by atoms with van der Waals surface area (Å²) in [6.45, 7) is 30.6. The molecule has 0 unspecified atom stereocenters. The third-order valence-electron chi connectivity index (χ3n) is 15.7. The molecule has 10 nitrogen and oxygen atoms in total. The van der Waals surface area contributed by atoms with Crippen molar-refractivity contribution in [2.45, 2.75) is 151 Å². The predicted molar refractivity (Wildman–Crippen MR) is 355 cm³/mol. The van der Waals surface area contributed by atoms with E-state index in [-0.39, 0.29) is 22.7 Å². The first-order valence-corrected chi connectivity index (χ1v) is 31.2. The van der Waals surface area contributed by atoms with E-state index in [4.69, 9.17) is 25.8 Å². The van der Waals surface area contributed by atoms with Crippen molar-refractivity contribution < 1.29 is 28.2 Å². The molecular formula is C73H97ClFN5O5. The number of benzene rings is 6. The number of anilines is 3. The highest BCUT2D eigenvalue weighted by molar-refractivity contribution is 6.30. The number of aromatic nitrogens is 1. The Bertz CT molecular complexity index is 3290. The number of carbonyl (C=O) groups is 2. The Labute approximate surface area is 514 Å².